The van der Waals surface area contributed by atoms with E-state index in [-0.39, 0.29) is 11.3 Å². The number of benzene rings is 2. The maximum atomic E-state index is 11.9. The Bertz CT molecular complexity index is 692. The average molecular weight is 299 g/mol. The molecule has 0 aliphatic heterocycles. The number of amides is 1. The number of phenols is 1. The van der Waals surface area contributed by atoms with Crippen LogP contribution < -0.4 is 5.32 Å². The predicted molar refractivity (Wildman–Crippen MR) is 82.9 cm³/mol. The number of nitrogens with one attached hydrogen (secondary N) is 1. The minimum absolute atomic E-state index is 0.0446. The van der Waals surface area contributed by atoms with Crippen LogP contribution in [0.4, 0.5) is 5.69 Å². The molecule has 0 aliphatic rings. The van der Waals surface area contributed by atoms with Crippen molar-refractivity contribution in [2.24, 2.45) is 0 Å². The normalized spacial score (nSPS) is 10.1. The van der Waals surface area contributed by atoms with E-state index in [9.17, 15) is 14.7 Å². The standard InChI is InChI=1S/C17H17NO4/c1-11-6-8-13(9-7-11)18-15(19)10-22-17(21)14-5-3-4-12(2)16(14)20/h3-9,20H,10H2,1-2H3,(H,18,19). The minimum atomic E-state index is -0.736. The van der Waals surface area contributed by atoms with Gasteiger partial charge in [-0.3, -0.25) is 4.79 Å². The Morgan fingerprint density at radius 1 is 1.09 bits per heavy atom. The van der Waals surface area contributed by atoms with Gasteiger partial charge < -0.3 is 15.2 Å². The summed E-state index contributed by atoms with van der Waals surface area (Å²) in [5, 5.41) is 12.4. The lowest BCUT2D eigenvalue weighted by atomic mass is 10.1. The van der Waals surface area contributed by atoms with Crippen molar-refractivity contribution >= 4 is 17.6 Å². The van der Waals surface area contributed by atoms with E-state index in [1.807, 2.05) is 19.1 Å². The second-order valence-corrected chi connectivity index (χ2v) is 4.96. The van der Waals surface area contributed by atoms with Crippen LogP contribution in [0.5, 0.6) is 5.75 Å². The molecule has 0 aliphatic carbocycles. The molecular weight excluding hydrogens is 282 g/mol. The van der Waals surface area contributed by atoms with Gasteiger partial charge in [-0.25, -0.2) is 4.79 Å². The van der Waals surface area contributed by atoms with Crippen LogP contribution in [0, 0.1) is 13.8 Å². The summed E-state index contributed by atoms with van der Waals surface area (Å²) >= 11 is 0. The van der Waals surface area contributed by atoms with E-state index >= 15 is 0 Å². The number of aromatic hydroxyl groups is 1. The number of hydrogen-bond donors (Lipinski definition) is 2. The van der Waals surface area contributed by atoms with Crippen molar-refractivity contribution in [1.82, 2.24) is 0 Å². The zero-order valence-electron chi connectivity index (χ0n) is 12.4. The van der Waals surface area contributed by atoms with Gasteiger partial charge in [0.15, 0.2) is 6.61 Å². The van der Waals surface area contributed by atoms with Gasteiger partial charge in [-0.1, -0.05) is 29.8 Å². The fourth-order valence-electron chi connectivity index (χ4n) is 1.87. The van der Waals surface area contributed by atoms with Crippen molar-refractivity contribution < 1.29 is 19.4 Å². The van der Waals surface area contributed by atoms with E-state index in [0.29, 0.717) is 11.3 Å². The van der Waals surface area contributed by atoms with Gasteiger partial charge in [-0.2, -0.15) is 0 Å². The molecule has 0 aromatic heterocycles. The third kappa shape index (κ3) is 3.85. The van der Waals surface area contributed by atoms with Crippen molar-refractivity contribution in [2.75, 3.05) is 11.9 Å². The lowest BCUT2D eigenvalue weighted by molar-refractivity contribution is -0.119. The highest BCUT2D eigenvalue weighted by molar-refractivity contribution is 5.96. The van der Waals surface area contributed by atoms with Gasteiger partial charge in [0, 0.05) is 5.69 Å². The summed E-state index contributed by atoms with van der Waals surface area (Å²) < 4.78 is 4.91. The van der Waals surface area contributed by atoms with E-state index in [0.717, 1.165) is 5.56 Å². The molecule has 2 rings (SSSR count). The predicted octanol–water partition coefficient (Wildman–Crippen LogP) is 2.80. The minimum Gasteiger partial charge on any atom is -0.507 e. The first-order valence-corrected chi connectivity index (χ1v) is 6.79. The third-order valence-electron chi connectivity index (χ3n) is 3.13. The van der Waals surface area contributed by atoms with Crippen LogP contribution in [0.1, 0.15) is 21.5 Å². The fraction of sp³-hybridized carbons (Fsp3) is 0.176. The molecule has 0 heterocycles. The van der Waals surface area contributed by atoms with E-state index in [4.69, 9.17) is 4.74 Å². The average Bonchev–Trinajstić information content (AvgIpc) is 2.50. The fourth-order valence-corrected chi connectivity index (χ4v) is 1.87. The number of carbonyl (C=O) groups is 2. The SMILES string of the molecule is Cc1ccc(NC(=O)COC(=O)c2cccc(C)c2O)cc1. The zero-order valence-corrected chi connectivity index (χ0v) is 12.4. The first kappa shape index (κ1) is 15.6. The summed E-state index contributed by atoms with van der Waals surface area (Å²) in [4.78, 5) is 23.6. The van der Waals surface area contributed by atoms with Gasteiger partial charge in [0.1, 0.15) is 11.3 Å². The Morgan fingerprint density at radius 3 is 2.45 bits per heavy atom. The molecule has 1 amide bonds. The topological polar surface area (TPSA) is 75.6 Å². The maximum Gasteiger partial charge on any atom is 0.342 e. The molecule has 5 heteroatoms. The van der Waals surface area contributed by atoms with Gasteiger partial charge in [-0.05, 0) is 37.6 Å². The van der Waals surface area contributed by atoms with Gasteiger partial charge >= 0.3 is 5.97 Å². The first-order chi connectivity index (χ1) is 10.5. The highest BCUT2D eigenvalue weighted by atomic mass is 16.5. The molecule has 2 N–H and O–H groups in total. The zero-order chi connectivity index (χ0) is 16.1. The van der Waals surface area contributed by atoms with Crippen molar-refractivity contribution in [2.45, 2.75) is 13.8 Å². The largest absolute Gasteiger partial charge is 0.507 e. The van der Waals surface area contributed by atoms with Crippen LogP contribution in [0.25, 0.3) is 0 Å². The van der Waals surface area contributed by atoms with Gasteiger partial charge in [-0.15, -0.1) is 0 Å². The van der Waals surface area contributed by atoms with E-state index < -0.39 is 18.5 Å². The Balaban J connectivity index is 1.92. The maximum absolute atomic E-state index is 11.9. The van der Waals surface area contributed by atoms with Crippen molar-refractivity contribution in [3.05, 3.63) is 59.2 Å². The lowest BCUT2D eigenvalue weighted by Gasteiger charge is -2.08. The molecule has 2 aromatic carbocycles. The van der Waals surface area contributed by atoms with E-state index in [1.165, 1.54) is 6.07 Å². The van der Waals surface area contributed by atoms with Crippen molar-refractivity contribution in [3.8, 4) is 5.75 Å². The molecule has 2 aromatic rings. The molecule has 0 bridgehead atoms. The molecule has 0 saturated heterocycles. The first-order valence-electron chi connectivity index (χ1n) is 6.79. The van der Waals surface area contributed by atoms with Crippen LogP contribution in [-0.4, -0.2) is 23.6 Å². The molecule has 114 valence electrons. The number of para-hydroxylation sites is 1. The summed E-state index contributed by atoms with van der Waals surface area (Å²) in [6.07, 6.45) is 0. The summed E-state index contributed by atoms with van der Waals surface area (Å²) in [7, 11) is 0. The van der Waals surface area contributed by atoms with E-state index in [2.05, 4.69) is 5.32 Å². The molecule has 0 saturated carbocycles. The second-order valence-electron chi connectivity index (χ2n) is 4.96. The molecule has 0 spiro atoms. The van der Waals surface area contributed by atoms with Crippen LogP contribution in [0.3, 0.4) is 0 Å². The van der Waals surface area contributed by atoms with Gasteiger partial charge in [0.05, 0.1) is 0 Å². The summed E-state index contributed by atoms with van der Waals surface area (Å²) in [6.45, 7) is 3.21. The summed E-state index contributed by atoms with van der Waals surface area (Å²) in [6, 6.07) is 12.0. The molecule has 0 unspecified atom stereocenters. The smallest absolute Gasteiger partial charge is 0.342 e. The number of anilines is 1. The number of ether oxygens (including phenoxy) is 1. The molecule has 0 atom stereocenters. The lowest BCUT2D eigenvalue weighted by Crippen LogP contribution is -2.21. The van der Waals surface area contributed by atoms with E-state index in [1.54, 1.807) is 31.2 Å². The Hall–Kier alpha value is -2.82. The van der Waals surface area contributed by atoms with Gasteiger partial charge in [0.25, 0.3) is 5.91 Å². The molecule has 0 fully saturated rings. The third-order valence-corrected chi connectivity index (χ3v) is 3.13. The quantitative estimate of drug-likeness (QED) is 0.851. The second kappa shape index (κ2) is 6.76. The van der Waals surface area contributed by atoms with Crippen molar-refractivity contribution in [1.29, 1.82) is 0 Å². The number of esters is 1. The molecule has 5 nitrogen and oxygen atoms in total. The highest BCUT2D eigenvalue weighted by Gasteiger charge is 2.15. The van der Waals surface area contributed by atoms with Gasteiger partial charge in [0.2, 0.25) is 0 Å². The summed E-state index contributed by atoms with van der Waals surface area (Å²) in [5.41, 5.74) is 2.33. The Morgan fingerprint density at radius 2 is 1.77 bits per heavy atom. The molecule has 22 heavy (non-hydrogen) atoms. The number of carbonyl (C=O) groups excluding carboxylic acids is 2. The monoisotopic (exact) mass is 299 g/mol. The number of phenolic OH excluding ortho intramolecular Hbond substituents is 1. The Labute approximate surface area is 128 Å². The number of rotatable bonds is 4. The van der Waals surface area contributed by atoms with Crippen LogP contribution in [0.2, 0.25) is 0 Å². The Kier molecular flexibility index (Phi) is 4.78. The van der Waals surface area contributed by atoms with Crippen LogP contribution >= 0.6 is 0 Å². The molecule has 0 radical (unpaired) electrons. The van der Waals surface area contributed by atoms with Crippen LogP contribution in [0.15, 0.2) is 42.5 Å². The molecular formula is C17H17NO4. The summed E-state index contributed by atoms with van der Waals surface area (Å²) in [5.74, 6) is -1.31. The number of aryl methyl sites for hydroxylation is 2. The van der Waals surface area contributed by atoms with Crippen molar-refractivity contribution in [3.63, 3.8) is 0 Å². The highest BCUT2D eigenvalue weighted by Crippen LogP contribution is 2.22. The van der Waals surface area contributed by atoms with Crippen LogP contribution in [-0.2, 0) is 9.53 Å². The number of hydrogen-bond acceptors (Lipinski definition) is 4.